The van der Waals surface area contributed by atoms with Crippen molar-refractivity contribution < 1.29 is 0 Å². The molecule has 0 saturated carbocycles. The van der Waals surface area contributed by atoms with Crippen molar-refractivity contribution in [3.63, 3.8) is 0 Å². The van der Waals surface area contributed by atoms with Crippen LogP contribution in [-0.2, 0) is 13.1 Å². The molecule has 1 aromatic rings. The van der Waals surface area contributed by atoms with Gasteiger partial charge in [0.2, 0.25) is 0 Å². The third-order valence-corrected chi connectivity index (χ3v) is 2.28. The maximum atomic E-state index is 4.18. The van der Waals surface area contributed by atoms with Crippen LogP contribution in [0.4, 0.5) is 0 Å². The first-order chi connectivity index (χ1) is 6.88. The predicted octanol–water partition coefficient (Wildman–Crippen LogP) is 2.18. The Bertz CT molecular complexity index is 242. The molecule has 0 aliphatic rings. The summed E-state index contributed by atoms with van der Waals surface area (Å²) >= 11 is 0. The summed E-state index contributed by atoms with van der Waals surface area (Å²) in [4.78, 5) is 4.18. The van der Waals surface area contributed by atoms with Crippen molar-refractivity contribution >= 4 is 0 Å². The molecule has 0 aliphatic heterocycles. The summed E-state index contributed by atoms with van der Waals surface area (Å²) < 4.78 is 2.24. The third-order valence-electron chi connectivity index (χ3n) is 2.28. The highest BCUT2D eigenvalue weighted by molar-refractivity contribution is 4.97. The van der Waals surface area contributed by atoms with Gasteiger partial charge in [-0.3, -0.25) is 0 Å². The Morgan fingerprint density at radius 3 is 2.93 bits per heavy atom. The monoisotopic (exact) mass is 195 g/mol. The Labute approximate surface area is 86.5 Å². The Balaban J connectivity index is 2.37. The summed E-state index contributed by atoms with van der Waals surface area (Å²) in [5, 5.41) is 3.39. The lowest BCUT2D eigenvalue weighted by Crippen LogP contribution is -2.16. The molecule has 0 aromatic carbocycles. The molecule has 1 rings (SSSR count). The maximum Gasteiger partial charge on any atom is 0.0948 e. The second-order valence-electron chi connectivity index (χ2n) is 3.61. The van der Waals surface area contributed by atoms with E-state index in [1.807, 2.05) is 12.5 Å². The minimum Gasteiger partial charge on any atom is -0.333 e. The van der Waals surface area contributed by atoms with Gasteiger partial charge in [-0.2, -0.15) is 0 Å². The minimum atomic E-state index is 0.942. The van der Waals surface area contributed by atoms with Crippen molar-refractivity contribution in [2.45, 2.75) is 46.2 Å². The Morgan fingerprint density at radius 1 is 1.36 bits per heavy atom. The van der Waals surface area contributed by atoms with Gasteiger partial charge in [0.1, 0.15) is 0 Å². The Kier molecular flexibility index (Phi) is 5.30. The third kappa shape index (κ3) is 3.50. The summed E-state index contributed by atoms with van der Waals surface area (Å²) in [6.07, 6.45) is 7.54. The van der Waals surface area contributed by atoms with Gasteiger partial charge < -0.3 is 9.88 Å². The lowest BCUT2D eigenvalue weighted by molar-refractivity contribution is 0.578. The smallest absolute Gasteiger partial charge is 0.0948 e. The Morgan fingerprint density at radius 2 is 2.21 bits per heavy atom. The molecule has 0 fully saturated rings. The number of aromatic nitrogens is 2. The van der Waals surface area contributed by atoms with E-state index in [1.165, 1.54) is 25.0 Å². The first-order valence-electron chi connectivity index (χ1n) is 5.58. The number of unbranched alkanes of at least 4 members (excludes halogenated alkanes) is 1. The number of nitrogens with zero attached hydrogens (tertiary/aromatic N) is 2. The molecule has 1 N–H and O–H groups in total. The van der Waals surface area contributed by atoms with Crippen LogP contribution in [0.2, 0.25) is 0 Å². The van der Waals surface area contributed by atoms with E-state index >= 15 is 0 Å². The van der Waals surface area contributed by atoms with Gasteiger partial charge in [-0.1, -0.05) is 20.3 Å². The summed E-state index contributed by atoms with van der Waals surface area (Å²) in [5.74, 6) is 0. The molecule has 80 valence electrons. The van der Waals surface area contributed by atoms with Crippen LogP contribution in [0.15, 0.2) is 12.5 Å². The van der Waals surface area contributed by atoms with Crippen LogP contribution >= 0.6 is 0 Å². The van der Waals surface area contributed by atoms with Crippen LogP contribution < -0.4 is 5.32 Å². The fourth-order valence-electron chi connectivity index (χ4n) is 1.42. The summed E-state index contributed by atoms with van der Waals surface area (Å²) in [6.45, 7) is 7.52. The molecule has 3 heteroatoms. The molecule has 0 unspecified atom stereocenters. The van der Waals surface area contributed by atoms with Crippen molar-refractivity contribution in [3.05, 3.63) is 18.2 Å². The van der Waals surface area contributed by atoms with Gasteiger partial charge >= 0.3 is 0 Å². The minimum absolute atomic E-state index is 0.942. The first kappa shape index (κ1) is 11.2. The SMILES string of the molecule is CCCCn1cncc1CNCCC. The molecule has 3 nitrogen and oxygen atoms in total. The topological polar surface area (TPSA) is 29.9 Å². The van der Waals surface area contributed by atoms with Gasteiger partial charge in [0.15, 0.2) is 0 Å². The van der Waals surface area contributed by atoms with E-state index in [9.17, 15) is 0 Å². The van der Waals surface area contributed by atoms with E-state index in [-0.39, 0.29) is 0 Å². The summed E-state index contributed by atoms with van der Waals surface area (Å²) in [7, 11) is 0. The molecule has 0 spiro atoms. The van der Waals surface area contributed by atoms with E-state index in [0.29, 0.717) is 0 Å². The van der Waals surface area contributed by atoms with Crippen molar-refractivity contribution in [3.8, 4) is 0 Å². The average molecular weight is 195 g/mol. The largest absolute Gasteiger partial charge is 0.333 e. The van der Waals surface area contributed by atoms with Crippen molar-refractivity contribution in [2.75, 3.05) is 6.54 Å². The van der Waals surface area contributed by atoms with Crippen LogP contribution in [-0.4, -0.2) is 16.1 Å². The molecule has 0 saturated heterocycles. The quantitative estimate of drug-likeness (QED) is 0.676. The molecule has 0 amide bonds. The van der Waals surface area contributed by atoms with Crippen molar-refractivity contribution in [1.29, 1.82) is 0 Å². The molecule has 0 atom stereocenters. The highest BCUT2D eigenvalue weighted by atomic mass is 15.1. The molecule has 1 heterocycles. The van der Waals surface area contributed by atoms with Gasteiger partial charge in [-0.15, -0.1) is 0 Å². The number of imidazole rings is 1. The van der Waals surface area contributed by atoms with E-state index in [1.54, 1.807) is 0 Å². The highest BCUT2D eigenvalue weighted by Gasteiger charge is 1.99. The van der Waals surface area contributed by atoms with Gasteiger partial charge in [-0.05, 0) is 19.4 Å². The number of rotatable bonds is 7. The fourth-order valence-corrected chi connectivity index (χ4v) is 1.42. The maximum absolute atomic E-state index is 4.18. The van der Waals surface area contributed by atoms with Crippen molar-refractivity contribution in [1.82, 2.24) is 14.9 Å². The molecular formula is C11H21N3. The zero-order valence-electron chi connectivity index (χ0n) is 9.29. The van der Waals surface area contributed by atoms with Gasteiger partial charge in [0, 0.05) is 19.3 Å². The number of nitrogens with one attached hydrogen (secondary N) is 1. The van der Waals surface area contributed by atoms with E-state index < -0.39 is 0 Å². The molecular weight excluding hydrogens is 174 g/mol. The highest BCUT2D eigenvalue weighted by Crippen LogP contribution is 2.01. The van der Waals surface area contributed by atoms with E-state index in [4.69, 9.17) is 0 Å². The zero-order valence-corrected chi connectivity index (χ0v) is 9.29. The van der Waals surface area contributed by atoms with Crippen molar-refractivity contribution in [2.24, 2.45) is 0 Å². The van der Waals surface area contributed by atoms with Crippen LogP contribution in [0, 0.1) is 0 Å². The summed E-state index contributed by atoms with van der Waals surface area (Å²) in [6, 6.07) is 0. The second-order valence-corrected chi connectivity index (χ2v) is 3.61. The fraction of sp³-hybridized carbons (Fsp3) is 0.727. The second kappa shape index (κ2) is 6.60. The number of aryl methyl sites for hydroxylation is 1. The van der Waals surface area contributed by atoms with E-state index in [0.717, 1.165) is 19.6 Å². The molecule has 1 aromatic heterocycles. The van der Waals surface area contributed by atoms with Crippen LogP contribution in [0.1, 0.15) is 38.8 Å². The predicted molar refractivity (Wildman–Crippen MR) is 59.1 cm³/mol. The van der Waals surface area contributed by atoms with Crippen LogP contribution in [0.5, 0.6) is 0 Å². The van der Waals surface area contributed by atoms with Crippen LogP contribution in [0.25, 0.3) is 0 Å². The lowest BCUT2D eigenvalue weighted by atomic mass is 10.3. The van der Waals surface area contributed by atoms with Gasteiger partial charge in [0.25, 0.3) is 0 Å². The zero-order chi connectivity index (χ0) is 10.2. The summed E-state index contributed by atoms with van der Waals surface area (Å²) in [5.41, 5.74) is 1.30. The molecule has 0 bridgehead atoms. The molecule has 0 radical (unpaired) electrons. The first-order valence-corrected chi connectivity index (χ1v) is 5.58. The molecule has 14 heavy (non-hydrogen) atoms. The average Bonchev–Trinajstić information content (AvgIpc) is 2.63. The van der Waals surface area contributed by atoms with E-state index in [2.05, 4.69) is 28.7 Å². The molecule has 0 aliphatic carbocycles. The number of hydrogen-bond donors (Lipinski definition) is 1. The Hall–Kier alpha value is -0.830. The normalized spacial score (nSPS) is 10.7. The standard InChI is InChI=1S/C11H21N3/c1-3-5-7-14-10-13-9-11(14)8-12-6-4-2/h9-10,12H,3-8H2,1-2H3. The van der Waals surface area contributed by atoms with Crippen LogP contribution in [0.3, 0.4) is 0 Å². The lowest BCUT2D eigenvalue weighted by Gasteiger charge is -2.07. The van der Waals surface area contributed by atoms with Gasteiger partial charge in [0.05, 0.1) is 12.0 Å². The van der Waals surface area contributed by atoms with Gasteiger partial charge in [-0.25, -0.2) is 4.98 Å². The number of hydrogen-bond acceptors (Lipinski definition) is 2.